The quantitative estimate of drug-likeness (QED) is 0.511. The molecular weight excluding hydrogens is 265 g/mol. The van der Waals surface area contributed by atoms with Crippen molar-refractivity contribution < 1.29 is 21.8 Å². The number of benzene rings is 1. The van der Waals surface area contributed by atoms with Gasteiger partial charge in [-0.3, -0.25) is 0 Å². The van der Waals surface area contributed by atoms with Crippen LogP contribution in [-0.4, -0.2) is 40.0 Å². The molecule has 0 bridgehead atoms. The van der Waals surface area contributed by atoms with Gasteiger partial charge in [0.25, 0.3) is 0 Å². The van der Waals surface area contributed by atoms with E-state index in [1.54, 1.807) is 0 Å². The molecule has 0 aliphatic heterocycles. The summed E-state index contributed by atoms with van der Waals surface area (Å²) < 4.78 is 28.5. The van der Waals surface area contributed by atoms with Crippen LogP contribution in [0.1, 0.15) is 0 Å². The van der Waals surface area contributed by atoms with Gasteiger partial charge in [-0.2, -0.15) is 0 Å². The minimum absolute atomic E-state index is 0.0333. The predicted octanol–water partition coefficient (Wildman–Crippen LogP) is -1.26. The zero-order valence-electron chi connectivity index (χ0n) is 7.62. The van der Waals surface area contributed by atoms with Crippen LogP contribution in [0.15, 0.2) is 24.3 Å². The number of anilines is 1. The molecule has 0 aliphatic carbocycles. The minimum atomic E-state index is -4.82. The number of carboxylic acid groups (broad SMARTS) is 1. The number of rotatable bonds is 4. The molecule has 0 aliphatic rings. The normalized spacial score (nSPS) is 11.1. The SMILES string of the molecule is O=C(O)CNc1ccc([As](=O)(O)O)cc1. The van der Waals surface area contributed by atoms with E-state index >= 15 is 0 Å². The van der Waals surface area contributed by atoms with Crippen molar-refractivity contribution >= 4 is 30.2 Å². The second kappa shape index (κ2) is 4.53. The summed E-state index contributed by atoms with van der Waals surface area (Å²) in [7, 11) is 0. The van der Waals surface area contributed by atoms with Gasteiger partial charge in [0.1, 0.15) is 0 Å². The van der Waals surface area contributed by atoms with E-state index in [0.29, 0.717) is 5.69 Å². The average Bonchev–Trinajstić information content (AvgIpc) is 2.14. The van der Waals surface area contributed by atoms with Gasteiger partial charge in [0.15, 0.2) is 0 Å². The van der Waals surface area contributed by atoms with Crippen LogP contribution in [0.4, 0.5) is 5.69 Å². The van der Waals surface area contributed by atoms with E-state index in [0.717, 1.165) is 0 Å². The number of nitrogens with one attached hydrogen (secondary N) is 1. The van der Waals surface area contributed by atoms with E-state index in [9.17, 15) is 8.53 Å². The maximum atomic E-state index is 10.9. The van der Waals surface area contributed by atoms with Crippen molar-refractivity contribution in [2.24, 2.45) is 0 Å². The molecule has 1 aromatic carbocycles. The Balaban J connectivity index is 2.73. The molecule has 7 heteroatoms. The number of carbonyl (C=O) groups is 1. The second-order valence-electron chi connectivity index (χ2n) is 2.84. The molecule has 0 aromatic heterocycles. The van der Waals surface area contributed by atoms with Crippen molar-refractivity contribution in [2.45, 2.75) is 0 Å². The Morgan fingerprint density at radius 3 is 2.20 bits per heavy atom. The van der Waals surface area contributed by atoms with Crippen LogP contribution < -0.4 is 9.67 Å². The van der Waals surface area contributed by atoms with Gasteiger partial charge in [0, 0.05) is 0 Å². The number of aliphatic carboxylic acids is 1. The summed E-state index contributed by atoms with van der Waals surface area (Å²) in [6.45, 7) is -0.236. The molecule has 0 amide bonds. The fourth-order valence-corrected chi connectivity index (χ4v) is 2.08. The van der Waals surface area contributed by atoms with Crippen molar-refractivity contribution in [2.75, 3.05) is 11.9 Å². The van der Waals surface area contributed by atoms with Crippen LogP contribution >= 0.6 is 0 Å². The van der Waals surface area contributed by atoms with Gasteiger partial charge in [0.2, 0.25) is 0 Å². The summed E-state index contributed by atoms with van der Waals surface area (Å²) in [6, 6.07) is 5.42. The Labute approximate surface area is 88.6 Å². The maximum absolute atomic E-state index is 10.9. The third kappa shape index (κ3) is 3.79. The molecular formula is C8H10AsNO5. The Bertz CT molecular complexity index is 396. The summed E-state index contributed by atoms with van der Waals surface area (Å²) in [5, 5.41) is 11.0. The molecule has 0 fully saturated rings. The first-order valence-electron chi connectivity index (χ1n) is 4.01. The molecule has 0 saturated carbocycles. The average molecular weight is 275 g/mol. The zero-order valence-corrected chi connectivity index (χ0v) is 9.50. The van der Waals surface area contributed by atoms with Crippen LogP contribution in [0.3, 0.4) is 0 Å². The summed E-state index contributed by atoms with van der Waals surface area (Å²) in [4.78, 5) is 10.2. The molecule has 0 saturated heterocycles. The number of hydrogen-bond donors (Lipinski definition) is 4. The standard InChI is InChI=1S/C8H10AsNO5/c11-8(12)5-10-7-3-1-6(2-4-7)9(13,14)15/h1-4,10H,5H2,(H,11,12)(H2,13,14,15). The van der Waals surface area contributed by atoms with Crippen LogP contribution in [0.2, 0.25) is 0 Å². The van der Waals surface area contributed by atoms with Crippen molar-refractivity contribution in [3.8, 4) is 0 Å². The van der Waals surface area contributed by atoms with E-state index < -0.39 is 20.1 Å². The molecule has 6 nitrogen and oxygen atoms in total. The van der Waals surface area contributed by atoms with E-state index in [1.165, 1.54) is 24.3 Å². The number of carboxylic acids is 1. The fourth-order valence-electron chi connectivity index (χ4n) is 0.951. The molecule has 1 rings (SSSR count). The first kappa shape index (κ1) is 11.8. The van der Waals surface area contributed by atoms with E-state index in [2.05, 4.69) is 5.32 Å². The Kier molecular flexibility index (Phi) is 3.57. The van der Waals surface area contributed by atoms with Crippen LogP contribution in [0.5, 0.6) is 0 Å². The van der Waals surface area contributed by atoms with E-state index in [4.69, 9.17) is 13.3 Å². The molecule has 0 radical (unpaired) electrons. The molecule has 0 atom stereocenters. The topological polar surface area (TPSA) is 107 Å². The van der Waals surface area contributed by atoms with Gasteiger partial charge >= 0.3 is 88.1 Å². The Morgan fingerprint density at radius 2 is 1.80 bits per heavy atom. The molecule has 82 valence electrons. The zero-order chi connectivity index (χ0) is 11.5. The van der Waals surface area contributed by atoms with Gasteiger partial charge in [0.05, 0.1) is 0 Å². The fraction of sp³-hybridized carbons (Fsp3) is 0.125. The first-order valence-corrected chi connectivity index (χ1v) is 7.40. The molecule has 15 heavy (non-hydrogen) atoms. The van der Waals surface area contributed by atoms with Gasteiger partial charge in [-0.1, -0.05) is 0 Å². The first-order chi connectivity index (χ1) is 6.89. The Morgan fingerprint density at radius 1 is 1.27 bits per heavy atom. The predicted molar refractivity (Wildman–Crippen MR) is 53.1 cm³/mol. The molecule has 0 heterocycles. The number of hydrogen-bond acceptors (Lipinski definition) is 3. The second-order valence-corrected chi connectivity index (χ2v) is 6.20. The van der Waals surface area contributed by atoms with E-state index in [1.807, 2.05) is 0 Å². The van der Waals surface area contributed by atoms with E-state index in [-0.39, 0.29) is 10.9 Å². The summed E-state index contributed by atoms with van der Waals surface area (Å²) in [5.41, 5.74) is 0.505. The summed E-state index contributed by atoms with van der Waals surface area (Å²) in [6.07, 6.45) is 0. The van der Waals surface area contributed by atoms with Gasteiger partial charge in [-0.25, -0.2) is 0 Å². The van der Waals surface area contributed by atoms with Crippen molar-refractivity contribution in [1.82, 2.24) is 0 Å². The van der Waals surface area contributed by atoms with Crippen LogP contribution in [0, 0.1) is 0 Å². The van der Waals surface area contributed by atoms with Crippen molar-refractivity contribution in [3.05, 3.63) is 24.3 Å². The van der Waals surface area contributed by atoms with Gasteiger partial charge in [-0.05, 0) is 0 Å². The van der Waals surface area contributed by atoms with Crippen molar-refractivity contribution in [3.63, 3.8) is 0 Å². The van der Waals surface area contributed by atoms with Gasteiger partial charge < -0.3 is 0 Å². The Hall–Kier alpha value is -1.23. The van der Waals surface area contributed by atoms with Crippen molar-refractivity contribution in [1.29, 1.82) is 0 Å². The molecule has 0 spiro atoms. The molecule has 4 N–H and O–H groups in total. The summed E-state index contributed by atoms with van der Waals surface area (Å²) >= 11 is -4.82. The summed E-state index contributed by atoms with van der Waals surface area (Å²) in [5.74, 6) is -1.00. The molecule has 0 unspecified atom stereocenters. The third-order valence-corrected chi connectivity index (χ3v) is 3.68. The van der Waals surface area contributed by atoms with Gasteiger partial charge in [-0.15, -0.1) is 0 Å². The molecule has 1 aromatic rings. The van der Waals surface area contributed by atoms with Crippen LogP contribution in [0.25, 0.3) is 0 Å². The van der Waals surface area contributed by atoms with Crippen LogP contribution in [-0.2, 0) is 8.53 Å². The third-order valence-electron chi connectivity index (χ3n) is 1.65. The monoisotopic (exact) mass is 275 g/mol.